The zero-order valence-electron chi connectivity index (χ0n) is 17.9. The van der Waals surface area contributed by atoms with Crippen molar-refractivity contribution >= 4 is 17.6 Å². The van der Waals surface area contributed by atoms with Crippen molar-refractivity contribution in [2.75, 3.05) is 24.5 Å². The molecule has 0 unspecified atom stereocenters. The second-order valence-corrected chi connectivity index (χ2v) is 8.39. The van der Waals surface area contributed by atoms with Gasteiger partial charge in [-0.2, -0.15) is 0 Å². The van der Waals surface area contributed by atoms with Crippen molar-refractivity contribution < 1.29 is 18.7 Å². The number of halogens is 1. The first-order chi connectivity index (χ1) is 14.9. The lowest BCUT2D eigenvalue weighted by molar-refractivity contribution is -0.126. The predicted molar refractivity (Wildman–Crippen MR) is 117 cm³/mol. The molecule has 31 heavy (non-hydrogen) atoms. The first kappa shape index (κ1) is 21.2. The summed E-state index contributed by atoms with van der Waals surface area (Å²) in [6.45, 7) is 5.51. The van der Waals surface area contributed by atoms with Gasteiger partial charge >= 0.3 is 6.03 Å². The summed E-state index contributed by atoms with van der Waals surface area (Å²) in [4.78, 5) is 29.6. The van der Waals surface area contributed by atoms with E-state index in [1.54, 1.807) is 28.0 Å². The molecule has 2 aromatic rings. The van der Waals surface area contributed by atoms with Crippen LogP contribution in [0.5, 0.6) is 5.75 Å². The van der Waals surface area contributed by atoms with Gasteiger partial charge in [0, 0.05) is 25.2 Å². The van der Waals surface area contributed by atoms with Crippen LogP contribution in [-0.2, 0) is 11.3 Å². The van der Waals surface area contributed by atoms with Gasteiger partial charge in [0.15, 0.2) is 0 Å². The van der Waals surface area contributed by atoms with Crippen LogP contribution in [0, 0.1) is 18.7 Å². The van der Waals surface area contributed by atoms with Gasteiger partial charge in [-0.25, -0.2) is 9.18 Å². The van der Waals surface area contributed by atoms with Crippen LogP contribution < -0.4 is 15.0 Å². The first-order valence-electron chi connectivity index (χ1n) is 10.8. The van der Waals surface area contributed by atoms with E-state index in [-0.39, 0.29) is 36.3 Å². The zero-order valence-corrected chi connectivity index (χ0v) is 17.9. The van der Waals surface area contributed by atoms with E-state index in [9.17, 15) is 14.0 Å². The number of amides is 3. The molecule has 2 aliphatic rings. The normalized spacial score (nSPS) is 20.6. The number of hydrogen-bond donors (Lipinski definition) is 1. The highest BCUT2D eigenvalue weighted by atomic mass is 19.1. The smallest absolute Gasteiger partial charge is 0.324 e. The van der Waals surface area contributed by atoms with E-state index in [1.807, 2.05) is 32.0 Å². The third-order valence-electron chi connectivity index (χ3n) is 5.88. The summed E-state index contributed by atoms with van der Waals surface area (Å²) in [6.07, 6.45) is 1.36. The van der Waals surface area contributed by atoms with Crippen LogP contribution in [0.3, 0.4) is 0 Å². The average molecular weight is 426 g/mol. The molecule has 0 saturated carbocycles. The third-order valence-corrected chi connectivity index (χ3v) is 5.88. The Morgan fingerprint density at radius 3 is 2.81 bits per heavy atom. The number of benzene rings is 2. The minimum Gasteiger partial charge on any atom is -0.487 e. The number of anilines is 1. The number of aryl methyl sites for hydroxylation is 1. The predicted octanol–water partition coefficient (Wildman–Crippen LogP) is 3.87. The number of nitrogens with one attached hydrogen (secondary N) is 1. The van der Waals surface area contributed by atoms with Gasteiger partial charge in [-0.05, 0) is 50.5 Å². The summed E-state index contributed by atoms with van der Waals surface area (Å²) < 4.78 is 19.7. The standard InChI is InChI=1S/C24H28FN3O3/c1-16-9-10-22-21(12-16)28(14-17(2)31-22)24(30)27-11-5-7-19(15-27)23(29)26-13-18-6-3-4-8-20(18)25/h3-4,6,8-10,12,17,19H,5,7,11,13-15H2,1-2H3,(H,26,29)/t17-,19-/m1/s1. The maximum absolute atomic E-state index is 13.8. The Bertz CT molecular complexity index is 980. The largest absolute Gasteiger partial charge is 0.487 e. The first-order valence-corrected chi connectivity index (χ1v) is 10.8. The van der Waals surface area contributed by atoms with Gasteiger partial charge < -0.3 is 15.0 Å². The van der Waals surface area contributed by atoms with Gasteiger partial charge in [0.2, 0.25) is 5.91 Å². The molecular weight excluding hydrogens is 397 g/mol. The van der Waals surface area contributed by atoms with Crippen molar-refractivity contribution in [3.8, 4) is 5.75 Å². The Morgan fingerprint density at radius 2 is 2.00 bits per heavy atom. The van der Waals surface area contributed by atoms with Gasteiger partial charge in [0.25, 0.3) is 0 Å². The number of rotatable bonds is 3. The van der Waals surface area contributed by atoms with E-state index in [0.29, 0.717) is 37.4 Å². The quantitative estimate of drug-likeness (QED) is 0.812. The van der Waals surface area contributed by atoms with Crippen LogP contribution in [-0.4, -0.2) is 42.6 Å². The van der Waals surface area contributed by atoms with E-state index in [4.69, 9.17) is 4.74 Å². The van der Waals surface area contributed by atoms with Crippen molar-refractivity contribution in [1.29, 1.82) is 0 Å². The van der Waals surface area contributed by atoms with Gasteiger partial charge in [0.1, 0.15) is 17.7 Å². The molecule has 0 aliphatic carbocycles. The molecule has 2 aromatic carbocycles. The molecule has 4 rings (SSSR count). The Hall–Kier alpha value is -3.09. The summed E-state index contributed by atoms with van der Waals surface area (Å²) in [7, 11) is 0. The molecule has 6 nitrogen and oxygen atoms in total. The molecule has 2 atom stereocenters. The van der Waals surface area contributed by atoms with Crippen LogP contribution in [0.25, 0.3) is 0 Å². The number of nitrogens with zero attached hydrogens (tertiary/aromatic N) is 2. The molecule has 2 aliphatic heterocycles. The van der Waals surface area contributed by atoms with E-state index >= 15 is 0 Å². The van der Waals surface area contributed by atoms with Crippen LogP contribution in [0.15, 0.2) is 42.5 Å². The fourth-order valence-electron chi connectivity index (χ4n) is 4.23. The average Bonchev–Trinajstić information content (AvgIpc) is 2.77. The molecule has 0 spiro atoms. The van der Waals surface area contributed by atoms with E-state index in [2.05, 4.69) is 5.32 Å². The third kappa shape index (κ3) is 4.65. The number of piperidine rings is 1. The molecule has 1 saturated heterocycles. The maximum atomic E-state index is 13.8. The number of urea groups is 1. The van der Waals surface area contributed by atoms with E-state index in [1.165, 1.54) is 6.07 Å². The Morgan fingerprint density at radius 1 is 1.19 bits per heavy atom. The summed E-state index contributed by atoms with van der Waals surface area (Å²) >= 11 is 0. The number of hydrogen-bond acceptors (Lipinski definition) is 3. The maximum Gasteiger partial charge on any atom is 0.324 e. The van der Waals surface area contributed by atoms with Gasteiger partial charge in [-0.1, -0.05) is 24.3 Å². The highest BCUT2D eigenvalue weighted by Crippen LogP contribution is 2.35. The van der Waals surface area contributed by atoms with Crippen molar-refractivity contribution in [2.24, 2.45) is 5.92 Å². The summed E-state index contributed by atoms with van der Waals surface area (Å²) in [5, 5.41) is 2.83. The van der Waals surface area contributed by atoms with Crippen LogP contribution in [0.2, 0.25) is 0 Å². The zero-order chi connectivity index (χ0) is 22.0. The number of carbonyl (C=O) groups is 2. The summed E-state index contributed by atoms with van der Waals surface area (Å²) in [5.74, 6) is -0.0835. The van der Waals surface area contributed by atoms with E-state index in [0.717, 1.165) is 17.7 Å². The van der Waals surface area contributed by atoms with Crippen molar-refractivity contribution in [1.82, 2.24) is 10.2 Å². The lowest BCUT2D eigenvalue weighted by Crippen LogP contribution is -2.53. The minimum absolute atomic E-state index is 0.103. The van der Waals surface area contributed by atoms with Crippen LogP contribution in [0.1, 0.15) is 30.9 Å². The van der Waals surface area contributed by atoms with Crippen molar-refractivity contribution in [2.45, 2.75) is 39.3 Å². The molecule has 2 heterocycles. The van der Waals surface area contributed by atoms with Gasteiger partial charge in [0.05, 0.1) is 18.2 Å². The van der Waals surface area contributed by atoms with Gasteiger partial charge in [-0.3, -0.25) is 9.69 Å². The monoisotopic (exact) mass is 425 g/mol. The minimum atomic E-state index is -0.335. The molecule has 0 bridgehead atoms. The summed E-state index contributed by atoms with van der Waals surface area (Å²) in [6, 6.07) is 12.1. The number of carbonyl (C=O) groups excluding carboxylic acids is 2. The Balaban J connectivity index is 1.43. The Kier molecular flexibility index (Phi) is 6.11. The second kappa shape index (κ2) is 8.96. The molecular formula is C24H28FN3O3. The molecule has 164 valence electrons. The van der Waals surface area contributed by atoms with Crippen LogP contribution >= 0.6 is 0 Å². The molecule has 7 heteroatoms. The molecule has 3 amide bonds. The lowest BCUT2D eigenvalue weighted by atomic mass is 9.97. The molecule has 0 radical (unpaired) electrons. The molecule has 1 fully saturated rings. The van der Waals surface area contributed by atoms with Gasteiger partial charge in [-0.15, -0.1) is 0 Å². The topological polar surface area (TPSA) is 61.9 Å². The van der Waals surface area contributed by atoms with E-state index < -0.39 is 0 Å². The number of ether oxygens (including phenoxy) is 1. The summed E-state index contributed by atoms with van der Waals surface area (Å²) in [5.41, 5.74) is 2.28. The lowest BCUT2D eigenvalue weighted by Gasteiger charge is -2.39. The van der Waals surface area contributed by atoms with Crippen molar-refractivity contribution in [3.63, 3.8) is 0 Å². The number of likely N-dealkylation sites (tertiary alicyclic amines) is 1. The van der Waals surface area contributed by atoms with Crippen molar-refractivity contribution in [3.05, 3.63) is 59.4 Å². The fourth-order valence-corrected chi connectivity index (χ4v) is 4.23. The second-order valence-electron chi connectivity index (χ2n) is 8.39. The Labute approximate surface area is 182 Å². The number of fused-ring (bicyclic) bond motifs is 1. The van der Waals surface area contributed by atoms with Crippen LogP contribution in [0.4, 0.5) is 14.9 Å². The SMILES string of the molecule is Cc1ccc2c(c1)N(C(=O)N1CCC[C@@H](C(=O)NCc3ccccc3F)C1)C[C@@H](C)O2. The highest BCUT2D eigenvalue weighted by molar-refractivity contribution is 5.94. The molecule has 0 aromatic heterocycles. The molecule has 1 N–H and O–H groups in total. The fraction of sp³-hybridized carbons (Fsp3) is 0.417. The highest BCUT2D eigenvalue weighted by Gasteiger charge is 2.34.